The lowest BCUT2D eigenvalue weighted by atomic mass is 10.3. The normalized spacial score (nSPS) is 12.3. The molecule has 0 fully saturated rings. The highest BCUT2D eigenvalue weighted by Crippen LogP contribution is 2.22. The molecule has 0 radical (unpaired) electrons. The van der Waals surface area contributed by atoms with Crippen molar-refractivity contribution in [1.29, 1.82) is 0 Å². The Morgan fingerprint density at radius 1 is 1.16 bits per heavy atom. The van der Waals surface area contributed by atoms with E-state index in [1.54, 1.807) is 10.6 Å². The van der Waals surface area contributed by atoms with Crippen molar-refractivity contribution in [3.63, 3.8) is 0 Å². The van der Waals surface area contributed by atoms with E-state index in [-0.39, 0.29) is 12.4 Å². The molecule has 130 valence electrons. The zero-order chi connectivity index (χ0) is 17.8. The summed E-state index contributed by atoms with van der Waals surface area (Å²) in [6, 6.07) is 9.22. The summed E-state index contributed by atoms with van der Waals surface area (Å²) >= 11 is 0. The van der Waals surface area contributed by atoms with Gasteiger partial charge in [-0.15, -0.1) is 10.2 Å². The molecule has 0 aliphatic heterocycles. The first-order valence-corrected chi connectivity index (χ1v) is 8.65. The molecule has 25 heavy (non-hydrogen) atoms. The third-order valence-electron chi connectivity index (χ3n) is 3.22. The Hall–Kier alpha value is -2.75. The molecule has 2 aromatic heterocycles. The van der Waals surface area contributed by atoms with Gasteiger partial charge in [0.1, 0.15) is 16.8 Å². The van der Waals surface area contributed by atoms with Crippen molar-refractivity contribution in [2.24, 2.45) is 0 Å². The summed E-state index contributed by atoms with van der Waals surface area (Å²) in [7, 11) is -1.27. The van der Waals surface area contributed by atoms with E-state index in [9.17, 15) is 13.0 Å². The average Bonchev–Trinajstić information content (AvgIpc) is 3.11. The molecule has 0 amide bonds. The summed E-state index contributed by atoms with van der Waals surface area (Å²) in [6.45, 7) is 0.222. The summed E-state index contributed by atoms with van der Waals surface area (Å²) in [5, 5.41) is 6.79. The number of hydrogen-bond acceptors (Lipinski definition) is 6. The van der Waals surface area contributed by atoms with Gasteiger partial charge in [0.15, 0.2) is 0 Å². The minimum atomic E-state index is -2.83. The summed E-state index contributed by atoms with van der Waals surface area (Å²) in [5.41, 5.74) is 1.10. The quantitative estimate of drug-likeness (QED) is 0.668. The molecule has 3 rings (SSSR count). The molecule has 0 saturated heterocycles. The molecule has 3 aromatic rings. The SMILES string of the molecule is CS(=O)N(Cc1ncc(-c2nnc(C(F)F)o2)cn1)c1ccccc1. The van der Waals surface area contributed by atoms with Gasteiger partial charge in [-0.2, -0.15) is 8.78 Å². The predicted octanol–water partition coefficient (Wildman–Crippen LogP) is 2.76. The summed E-state index contributed by atoms with van der Waals surface area (Å²) in [5.74, 6) is -0.423. The Morgan fingerprint density at radius 2 is 1.84 bits per heavy atom. The summed E-state index contributed by atoms with van der Waals surface area (Å²) in [6.07, 6.45) is 1.52. The van der Waals surface area contributed by atoms with Crippen LogP contribution in [0.2, 0.25) is 0 Å². The molecule has 1 atom stereocenters. The molecule has 1 unspecified atom stereocenters. The van der Waals surface area contributed by atoms with Crippen molar-refractivity contribution in [3.8, 4) is 11.5 Å². The number of alkyl halides is 2. The maximum atomic E-state index is 12.5. The lowest BCUT2D eigenvalue weighted by molar-refractivity contribution is 0.116. The van der Waals surface area contributed by atoms with Crippen LogP contribution in [0.15, 0.2) is 47.1 Å². The first kappa shape index (κ1) is 17.1. The van der Waals surface area contributed by atoms with Crippen LogP contribution in [0.5, 0.6) is 0 Å². The van der Waals surface area contributed by atoms with Gasteiger partial charge in [0.2, 0.25) is 0 Å². The van der Waals surface area contributed by atoms with Crippen LogP contribution < -0.4 is 4.31 Å². The number of anilines is 1. The second-order valence-electron chi connectivity index (χ2n) is 4.93. The minimum Gasteiger partial charge on any atom is -0.415 e. The number of hydrogen-bond donors (Lipinski definition) is 0. The van der Waals surface area contributed by atoms with Crippen LogP contribution in [0.4, 0.5) is 14.5 Å². The molecular formula is C15H13F2N5O2S. The topological polar surface area (TPSA) is 85.0 Å². The molecule has 10 heteroatoms. The fourth-order valence-electron chi connectivity index (χ4n) is 2.04. The fourth-order valence-corrected chi connectivity index (χ4v) is 2.76. The highest BCUT2D eigenvalue weighted by atomic mass is 32.2. The first-order valence-electron chi connectivity index (χ1n) is 7.13. The molecule has 0 aliphatic rings. The number of benzene rings is 1. The predicted molar refractivity (Wildman–Crippen MR) is 87.0 cm³/mol. The molecule has 0 saturated carbocycles. The second kappa shape index (κ2) is 7.43. The van der Waals surface area contributed by atoms with E-state index in [2.05, 4.69) is 20.2 Å². The van der Waals surface area contributed by atoms with Crippen molar-refractivity contribution in [2.75, 3.05) is 10.6 Å². The largest absolute Gasteiger partial charge is 0.415 e. The first-order chi connectivity index (χ1) is 12.0. The number of para-hydroxylation sites is 1. The monoisotopic (exact) mass is 365 g/mol. The van der Waals surface area contributed by atoms with E-state index in [1.807, 2.05) is 30.3 Å². The number of aromatic nitrogens is 4. The van der Waals surface area contributed by atoms with Gasteiger partial charge in [0, 0.05) is 24.3 Å². The molecule has 0 bridgehead atoms. The fraction of sp³-hybridized carbons (Fsp3) is 0.200. The lowest BCUT2D eigenvalue weighted by Crippen LogP contribution is -2.25. The van der Waals surface area contributed by atoms with E-state index < -0.39 is 23.3 Å². The van der Waals surface area contributed by atoms with Crippen molar-refractivity contribution >= 4 is 16.7 Å². The molecule has 0 N–H and O–H groups in total. The van der Waals surface area contributed by atoms with Crippen molar-refractivity contribution in [3.05, 3.63) is 54.4 Å². The molecule has 1 aromatic carbocycles. The van der Waals surface area contributed by atoms with Gasteiger partial charge in [0.25, 0.3) is 11.8 Å². The van der Waals surface area contributed by atoms with Gasteiger partial charge in [0.05, 0.1) is 12.1 Å². The third-order valence-corrected chi connectivity index (χ3v) is 4.18. The third kappa shape index (κ3) is 4.02. The van der Waals surface area contributed by atoms with Gasteiger partial charge < -0.3 is 4.42 Å². The number of halogens is 2. The van der Waals surface area contributed by atoms with Gasteiger partial charge in [-0.25, -0.2) is 14.2 Å². The van der Waals surface area contributed by atoms with Gasteiger partial charge in [-0.1, -0.05) is 18.2 Å². The maximum Gasteiger partial charge on any atom is 0.314 e. The van der Waals surface area contributed by atoms with Gasteiger partial charge in [-0.05, 0) is 12.1 Å². The van der Waals surface area contributed by atoms with Crippen molar-refractivity contribution in [2.45, 2.75) is 13.0 Å². The number of nitrogens with zero attached hydrogens (tertiary/aromatic N) is 5. The Kier molecular flexibility index (Phi) is 5.08. The van der Waals surface area contributed by atoms with E-state index in [4.69, 9.17) is 4.42 Å². The van der Waals surface area contributed by atoms with Gasteiger partial charge in [-0.3, -0.25) is 4.31 Å². The zero-order valence-corrected chi connectivity index (χ0v) is 13.9. The van der Waals surface area contributed by atoms with E-state index >= 15 is 0 Å². The van der Waals surface area contributed by atoms with Crippen LogP contribution in [0.3, 0.4) is 0 Å². The number of rotatable bonds is 6. The Balaban J connectivity index is 1.78. The van der Waals surface area contributed by atoms with Gasteiger partial charge >= 0.3 is 6.43 Å². The zero-order valence-electron chi connectivity index (χ0n) is 13.0. The standard InChI is InChI=1S/C15H13F2N5O2S/c1-25(23)22(11-5-3-2-4-6-11)9-12-18-7-10(8-19-12)14-20-21-15(24-14)13(16)17/h2-8,13H,9H2,1H3. The van der Waals surface area contributed by atoms with E-state index in [0.29, 0.717) is 11.4 Å². The molecule has 7 nitrogen and oxygen atoms in total. The Morgan fingerprint density at radius 3 is 2.40 bits per heavy atom. The average molecular weight is 365 g/mol. The van der Waals surface area contributed by atoms with Crippen molar-refractivity contribution < 1.29 is 17.4 Å². The van der Waals surface area contributed by atoms with Crippen LogP contribution in [0, 0.1) is 0 Å². The van der Waals surface area contributed by atoms with E-state index in [1.165, 1.54) is 12.4 Å². The minimum absolute atomic E-state index is 0.0826. The van der Waals surface area contributed by atoms with Crippen LogP contribution in [0.25, 0.3) is 11.5 Å². The van der Waals surface area contributed by atoms with Crippen molar-refractivity contribution in [1.82, 2.24) is 20.2 Å². The Labute approximate surface area is 144 Å². The Bertz CT molecular complexity index is 858. The second-order valence-corrected chi connectivity index (χ2v) is 6.22. The van der Waals surface area contributed by atoms with Crippen LogP contribution in [0.1, 0.15) is 18.1 Å². The highest BCUT2D eigenvalue weighted by Gasteiger charge is 2.18. The summed E-state index contributed by atoms with van der Waals surface area (Å²) in [4.78, 5) is 8.31. The molecule has 0 spiro atoms. The molecular weight excluding hydrogens is 352 g/mol. The molecule has 2 heterocycles. The molecule has 0 aliphatic carbocycles. The smallest absolute Gasteiger partial charge is 0.314 e. The maximum absolute atomic E-state index is 12.5. The van der Waals surface area contributed by atoms with Crippen LogP contribution in [-0.4, -0.2) is 30.6 Å². The lowest BCUT2D eigenvalue weighted by Gasteiger charge is -2.20. The van der Waals surface area contributed by atoms with E-state index in [0.717, 1.165) is 5.69 Å². The highest BCUT2D eigenvalue weighted by molar-refractivity contribution is 7.85. The van der Waals surface area contributed by atoms with Crippen LogP contribution in [-0.2, 0) is 17.5 Å². The van der Waals surface area contributed by atoms with Crippen LogP contribution >= 0.6 is 0 Å². The summed E-state index contributed by atoms with van der Waals surface area (Å²) < 4.78 is 43.4.